The predicted octanol–water partition coefficient (Wildman–Crippen LogP) is -0.987. The maximum Gasteiger partial charge on any atom is 0.407 e. The Bertz CT molecular complexity index is 1710. The number of aromatic nitrogens is 5. The molecule has 244 valence electrons. The number of carboxylic acids is 1. The van der Waals surface area contributed by atoms with Crippen LogP contribution in [-0.4, -0.2) is 103 Å². The Kier molecular flexibility index (Phi) is 9.60. The number of carboxylic acid groups (broad SMARTS) is 1. The Hall–Kier alpha value is -5.20. The number of amides is 1. The Morgan fingerprint density at radius 1 is 1.09 bits per heavy atom. The van der Waals surface area contributed by atoms with Crippen molar-refractivity contribution in [1.29, 1.82) is 0 Å². The quantitative estimate of drug-likeness (QED) is 0.190. The first-order valence-electron chi connectivity index (χ1n) is 13.5. The second kappa shape index (κ2) is 13.2. The minimum Gasteiger partial charge on any atom is -0.480 e. The molecule has 3 aromatic rings. The van der Waals surface area contributed by atoms with Gasteiger partial charge in [0.15, 0.2) is 17.3 Å². The minimum atomic E-state index is -1.41. The van der Waals surface area contributed by atoms with E-state index < -0.39 is 66.2 Å². The van der Waals surface area contributed by atoms with Crippen molar-refractivity contribution in [1.82, 2.24) is 29.0 Å². The van der Waals surface area contributed by atoms with Gasteiger partial charge in [0.1, 0.15) is 25.1 Å². The van der Waals surface area contributed by atoms with Crippen molar-refractivity contribution in [3.05, 3.63) is 28.1 Å². The highest BCUT2D eigenvalue weighted by atomic mass is 16.8. The number of methoxy groups -OCH3 is 1. The molecule has 4 rings (SSSR count). The molecular weight excluding hydrogens is 604 g/mol. The van der Waals surface area contributed by atoms with E-state index in [1.165, 1.54) is 22.2 Å². The van der Waals surface area contributed by atoms with E-state index in [1.54, 1.807) is 14.0 Å². The Morgan fingerprint density at radius 3 is 2.36 bits per heavy atom. The second-order valence-corrected chi connectivity index (χ2v) is 10.1. The van der Waals surface area contributed by atoms with Gasteiger partial charge in [-0.05, 0) is 19.8 Å². The fourth-order valence-electron chi connectivity index (χ4n) is 4.95. The molecule has 0 saturated carbocycles. The molecule has 1 amide bonds. The highest BCUT2D eigenvalue weighted by Crippen LogP contribution is 2.28. The summed E-state index contributed by atoms with van der Waals surface area (Å²) in [5.41, 5.74) is 0.279. The number of fused-ring (bicyclic) bond motifs is 2. The van der Waals surface area contributed by atoms with Crippen LogP contribution in [0.2, 0.25) is 0 Å². The summed E-state index contributed by atoms with van der Waals surface area (Å²) >= 11 is 0. The van der Waals surface area contributed by atoms with E-state index in [-0.39, 0.29) is 36.4 Å². The number of ether oxygens (including phenoxy) is 5. The van der Waals surface area contributed by atoms with Gasteiger partial charge in [-0.3, -0.25) is 23.7 Å². The number of imidazole rings is 2. The van der Waals surface area contributed by atoms with Crippen LogP contribution in [0.3, 0.4) is 0 Å². The maximum absolute atomic E-state index is 13.7. The van der Waals surface area contributed by atoms with Crippen LogP contribution in [0.1, 0.15) is 38.6 Å². The van der Waals surface area contributed by atoms with E-state index in [1.807, 2.05) is 0 Å². The van der Waals surface area contributed by atoms with Gasteiger partial charge < -0.3 is 38.9 Å². The number of aliphatic carboxylic acids is 1. The van der Waals surface area contributed by atoms with Crippen LogP contribution in [0.5, 0.6) is 0 Å². The SMILES string of the molecule is COC(=O)N[C@H](CCc1c(C)nc2n(C)c3c(ncn3O[C@@H]3O[C@H](COC(C)=O)[C@@H](OC(C)=O)[C@H]3OC(C)=O)c(=O)n12)C(=O)O. The smallest absolute Gasteiger partial charge is 0.407 e. The summed E-state index contributed by atoms with van der Waals surface area (Å²) in [6.45, 7) is 4.76. The van der Waals surface area contributed by atoms with Gasteiger partial charge in [0, 0.05) is 27.8 Å². The summed E-state index contributed by atoms with van der Waals surface area (Å²) in [5, 5.41) is 11.7. The van der Waals surface area contributed by atoms with Crippen molar-refractivity contribution in [2.75, 3.05) is 13.7 Å². The molecule has 0 spiro atoms. The van der Waals surface area contributed by atoms with Crippen molar-refractivity contribution < 1.29 is 57.6 Å². The van der Waals surface area contributed by atoms with Crippen molar-refractivity contribution in [3.63, 3.8) is 0 Å². The van der Waals surface area contributed by atoms with Gasteiger partial charge in [0.2, 0.25) is 11.9 Å². The number of hydrogen-bond acceptors (Lipinski definition) is 14. The predicted molar refractivity (Wildman–Crippen MR) is 147 cm³/mol. The fraction of sp³-hybridized carbons (Fsp3) is 0.538. The zero-order valence-electron chi connectivity index (χ0n) is 25.2. The summed E-state index contributed by atoms with van der Waals surface area (Å²) in [6, 6.07) is -1.29. The molecule has 19 heteroatoms. The van der Waals surface area contributed by atoms with Crippen LogP contribution < -0.4 is 15.7 Å². The van der Waals surface area contributed by atoms with E-state index in [4.69, 9.17) is 23.8 Å². The van der Waals surface area contributed by atoms with Crippen LogP contribution in [-0.2, 0) is 56.3 Å². The number of nitrogens with one attached hydrogen (secondary N) is 1. The first-order chi connectivity index (χ1) is 21.2. The number of alkyl carbamates (subject to hydrolysis) is 1. The number of aryl methyl sites for hydroxylation is 3. The molecule has 3 aromatic heterocycles. The van der Waals surface area contributed by atoms with Gasteiger partial charge >= 0.3 is 30.0 Å². The van der Waals surface area contributed by atoms with Crippen LogP contribution >= 0.6 is 0 Å². The first kappa shape index (κ1) is 32.7. The van der Waals surface area contributed by atoms with Crippen molar-refractivity contribution >= 4 is 46.9 Å². The molecule has 45 heavy (non-hydrogen) atoms. The van der Waals surface area contributed by atoms with E-state index >= 15 is 0 Å². The molecule has 19 nitrogen and oxygen atoms in total. The standard InChI is InChI=1S/C26H32N6O13/c1-11-16(8-7-15(23(37)38)29-26(39)40-6)32-22(36)18-21(30(5)25(32)28-11)31(10-27-18)45-24-20(43-14(4)35)19(42-13(3)34)17(44-24)9-41-12(2)33/h10,15,17,19-20,24H,7-9H2,1-6H3,(H,29,39)(H,37,38)/t15-,17-,19-,20-,24+/m1/s1. The van der Waals surface area contributed by atoms with Gasteiger partial charge in [0.05, 0.1) is 18.5 Å². The van der Waals surface area contributed by atoms with E-state index in [9.17, 15) is 33.9 Å². The molecule has 0 aliphatic carbocycles. The normalized spacial score (nSPS) is 20.0. The average Bonchev–Trinajstić information content (AvgIpc) is 3.62. The molecule has 1 aliphatic heterocycles. The summed E-state index contributed by atoms with van der Waals surface area (Å²) in [4.78, 5) is 86.8. The van der Waals surface area contributed by atoms with Crippen molar-refractivity contribution in [2.24, 2.45) is 7.05 Å². The fourth-order valence-corrected chi connectivity index (χ4v) is 4.95. The third-order valence-electron chi connectivity index (χ3n) is 6.88. The molecule has 2 N–H and O–H groups in total. The lowest BCUT2D eigenvalue weighted by Gasteiger charge is -2.23. The topological polar surface area (TPSA) is 230 Å². The molecule has 0 aromatic carbocycles. The molecule has 1 saturated heterocycles. The summed E-state index contributed by atoms with van der Waals surface area (Å²) in [7, 11) is 2.69. The zero-order chi connectivity index (χ0) is 33.2. The number of hydrogen-bond donors (Lipinski definition) is 2. The van der Waals surface area contributed by atoms with E-state index in [2.05, 4.69) is 20.0 Å². The molecular formula is C26H32N6O13. The van der Waals surface area contributed by atoms with Crippen LogP contribution in [0.15, 0.2) is 11.1 Å². The van der Waals surface area contributed by atoms with Crippen molar-refractivity contribution in [2.45, 2.75) is 71.2 Å². The molecule has 0 bridgehead atoms. The summed E-state index contributed by atoms with van der Waals surface area (Å²) < 4.78 is 30.0. The largest absolute Gasteiger partial charge is 0.480 e. The number of nitrogens with zero attached hydrogens (tertiary/aromatic N) is 5. The highest BCUT2D eigenvalue weighted by Gasteiger charge is 2.52. The van der Waals surface area contributed by atoms with Gasteiger partial charge in [-0.25, -0.2) is 24.0 Å². The van der Waals surface area contributed by atoms with Gasteiger partial charge in [-0.15, -0.1) is 0 Å². The maximum atomic E-state index is 13.7. The van der Waals surface area contributed by atoms with Gasteiger partial charge in [-0.2, -0.15) is 4.73 Å². The minimum absolute atomic E-state index is 0.0488. The molecule has 4 heterocycles. The second-order valence-electron chi connectivity index (χ2n) is 10.1. The molecule has 1 fully saturated rings. The van der Waals surface area contributed by atoms with Crippen molar-refractivity contribution in [3.8, 4) is 0 Å². The lowest BCUT2D eigenvalue weighted by Crippen LogP contribution is -2.43. The monoisotopic (exact) mass is 636 g/mol. The average molecular weight is 637 g/mol. The van der Waals surface area contributed by atoms with Gasteiger partial charge in [0.25, 0.3) is 11.8 Å². The Morgan fingerprint density at radius 2 is 1.76 bits per heavy atom. The molecule has 1 aliphatic rings. The molecule has 0 radical (unpaired) electrons. The summed E-state index contributed by atoms with van der Waals surface area (Å²) in [6.07, 6.45) is -4.76. The van der Waals surface area contributed by atoms with E-state index in [0.717, 1.165) is 25.7 Å². The first-order valence-corrected chi connectivity index (χ1v) is 13.5. The molecule has 0 unspecified atom stereocenters. The summed E-state index contributed by atoms with van der Waals surface area (Å²) in [5.74, 6) is -3.20. The van der Waals surface area contributed by atoms with Crippen LogP contribution in [0.25, 0.3) is 16.9 Å². The molecule has 5 atom stereocenters. The Labute approximate surface area is 253 Å². The number of esters is 3. The number of rotatable bonds is 11. The van der Waals surface area contributed by atoms with Crippen LogP contribution in [0, 0.1) is 6.92 Å². The van der Waals surface area contributed by atoms with Crippen LogP contribution in [0.4, 0.5) is 4.79 Å². The lowest BCUT2D eigenvalue weighted by atomic mass is 10.1. The third-order valence-corrected chi connectivity index (χ3v) is 6.88. The third kappa shape index (κ3) is 6.82. The highest BCUT2D eigenvalue weighted by molar-refractivity contribution is 5.79. The lowest BCUT2D eigenvalue weighted by molar-refractivity contribution is -0.189. The van der Waals surface area contributed by atoms with E-state index in [0.29, 0.717) is 11.4 Å². The number of carbonyl (C=O) groups excluding carboxylic acids is 4. The Balaban J connectivity index is 1.70. The zero-order valence-corrected chi connectivity index (χ0v) is 25.2. The van der Waals surface area contributed by atoms with Gasteiger partial charge in [-0.1, -0.05) is 0 Å². The number of carbonyl (C=O) groups is 5.